The number of hydrogen-bond acceptors (Lipinski definition) is 4. The molecule has 1 atom stereocenters. The third-order valence-electron chi connectivity index (χ3n) is 4.01. The third-order valence-corrected chi connectivity index (χ3v) is 4.01. The monoisotopic (exact) mass is 291 g/mol. The van der Waals surface area contributed by atoms with Gasteiger partial charge in [-0.15, -0.1) is 0 Å². The van der Waals surface area contributed by atoms with Gasteiger partial charge in [-0.2, -0.15) is 0 Å². The van der Waals surface area contributed by atoms with Gasteiger partial charge in [0.2, 0.25) is 0 Å². The first-order valence-corrected chi connectivity index (χ1v) is 7.71. The van der Waals surface area contributed by atoms with Gasteiger partial charge in [0.15, 0.2) is 0 Å². The number of carboxylic acids is 1. The number of pyridine rings is 1. The molecule has 1 aliphatic heterocycles. The van der Waals surface area contributed by atoms with E-state index in [1.165, 1.54) is 25.9 Å². The Kier molecular flexibility index (Phi) is 6.14. The van der Waals surface area contributed by atoms with Crippen LogP contribution in [0.1, 0.15) is 25.3 Å². The predicted octanol–water partition coefficient (Wildman–Crippen LogP) is 1.70. The number of aromatic nitrogens is 1. The zero-order valence-electron chi connectivity index (χ0n) is 12.7. The summed E-state index contributed by atoms with van der Waals surface area (Å²) >= 11 is 0. The SMILES string of the molecule is CC(CN(CCN1CCCC1)Cc1cccnc1)C(=O)O. The molecule has 1 fully saturated rings. The summed E-state index contributed by atoms with van der Waals surface area (Å²) in [5, 5.41) is 9.13. The van der Waals surface area contributed by atoms with Gasteiger partial charge in [-0.25, -0.2) is 0 Å². The summed E-state index contributed by atoms with van der Waals surface area (Å²) < 4.78 is 0. The number of rotatable bonds is 8. The molecule has 0 aliphatic carbocycles. The zero-order valence-corrected chi connectivity index (χ0v) is 12.7. The van der Waals surface area contributed by atoms with Gasteiger partial charge in [0, 0.05) is 38.6 Å². The molecule has 0 saturated carbocycles. The summed E-state index contributed by atoms with van der Waals surface area (Å²) in [6.45, 7) is 7.40. The van der Waals surface area contributed by atoms with Crippen LogP contribution in [0.4, 0.5) is 0 Å². The van der Waals surface area contributed by atoms with Gasteiger partial charge in [0.1, 0.15) is 0 Å². The van der Waals surface area contributed by atoms with Crippen LogP contribution in [0.5, 0.6) is 0 Å². The van der Waals surface area contributed by atoms with Crippen LogP contribution in [0, 0.1) is 5.92 Å². The van der Waals surface area contributed by atoms with Gasteiger partial charge in [-0.1, -0.05) is 13.0 Å². The maximum absolute atomic E-state index is 11.1. The van der Waals surface area contributed by atoms with Crippen LogP contribution in [0.3, 0.4) is 0 Å². The highest BCUT2D eigenvalue weighted by molar-refractivity contribution is 5.69. The smallest absolute Gasteiger partial charge is 0.307 e. The van der Waals surface area contributed by atoms with Crippen molar-refractivity contribution in [1.29, 1.82) is 0 Å². The highest BCUT2D eigenvalue weighted by atomic mass is 16.4. The Morgan fingerprint density at radius 1 is 1.48 bits per heavy atom. The van der Waals surface area contributed by atoms with Crippen molar-refractivity contribution in [3.05, 3.63) is 30.1 Å². The van der Waals surface area contributed by atoms with Gasteiger partial charge < -0.3 is 10.0 Å². The Morgan fingerprint density at radius 2 is 2.24 bits per heavy atom. The summed E-state index contributed by atoms with van der Waals surface area (Å²) in [5.74, 6) is -1.08. The van der Waals surface area contributed by atoms with Crippen molar-refractivity contribution >= 4 is 5.97 Å². The van der Waals surface area contributed by atoms with E-state index < -0.39 is 5.97 Å². The topological polar surface area (TPSA) is 56.7 Å². The Bertz CT molecular complexity index is 432. The summed E-state index contributed by atoms with van der Waals surface area (Å²) in [5.41, 5.74) is 1.14. The van der Waals surface area contributed by atoms with Gasteiger partial charge >= 0.3 is 5.97 Å². The largest absolute Gasteiger partial charge is 0.481 e. The highest BCUT2D eigenvalue weighted by Crippen LogP contribution is 2.10. The lowest BCUT2D eigenvalue weighted by Crippen LogP contribution is -2.37. The van der Waals surface area contributed by atoms with Crippen molar-refractivity contribution in [1.82, 2.24) is 14.8 Å². The molecule has 1 aromatic rings. The first-order chi connectivity index (χ1) is 10.1. The van der Waals surface area contributed by atoms with E-state index in [0.717, 1.165) is 25.2 Å². The summed E-state index contributed by atoms with van der Waals surface area (Å²) in [6.07, 6.45) is 6.19. The van der Waals surface area contributed by atoms with Crippen molar-refractivity contribution in [2.24, 2.45) is 5.92 Å². The van der Waals surface area contributed by atoms with Crippen molar-refractivity contribution < 1.29 is 9.90 Å². The van der Waals surface area contributed by atoms with Crippen LogP contribution in [0.25, 0.3) is 0 Å². The van der Waals surface area contributed by atoms with E-state index in [2.05, 4.69) is 14.8 Å². The standard InChI is InChI=1S/C16H25N3O2/c1-14(16(20)21)12-19(10-9-18-7-2-3-8-18)13-15-5-4-6-17-11-15/h4-6,11,14H,2-3,7-10,12-13H2,1H3,(H,20,21). The normalized spacial score (nSPS) is 17.2. The molecular formula is C16H25N3O2. The minimum atomic E-state index is -0.729. The molecule has 1 unspecified atom stereocenters. The van der Waals surface area contributed by atoms with E-state index in [4.69, 9.17) is 5.11 Å². The lowest BCUT2D eigenvalue weighted by Gasteiger charge is -2.26. The molecule has 1 saturated heterocycles. The van der Waals surface area contributed by atoms with Crippen LogP contribution in [0.15, 0.2) is 24.5 Å². The summed E-state index contributed by atoms with van der Waals surface area (Å²) in [7, 11) is 0. The van der Waals surface area contributed by atoms with Crippen molar-refractivity contribution in [2.75, 3.05) is 32.7 Å². The third kappa shape index (κ3) is 5.44. The van der Waals surface area contributed by atoms with Crippen LogP contribution >= 0.6 is 0 Å². The number of carboxylic acid groups (broad SMARTS) is 1. The molecule has 2 heterocycles. The zero-order chi connectivity index (χ0) is 15.1. The maximum atomic E-state index is 11.1. The van der Waals surface area contributed by atoms with Gasteiger partial charge in [0.05, 0.1) is 5.92 Å². The van der Waals surface area contributed by atoms with E-state index in [1.807, 2.05) is 18.3 Å². The predicted molar refractivity (Wildman–Crippen MR) is 82.0 cm³/mol. The average molecular weight is 291 g/mol. The Hall–Kier alpha value is -1.46. The number of nitrogens with zero attached hydrogens (tertiary/aromatic N) is 3. The summed E-state index contributed by atoms with van der Waals surface area (Å²) in [4.78, 5) is 19.9. The number of aliphatic carboxylic acids is 1. The van der Waals surface area contributed by atoms with Crippen molar-refractivity contribution in [3.63, 3.8) is 0 Å². The van der Waals surface area contributed by atoms with E-state index in [1.54, 1.807) is 13.1 Å². The second-order valence-electron chi connectivity index (χ2n) is 5.88. The molecule has 0 aromatic carbocycles. The van der Waals surface area contributed by atoms with Crippen molar-refractivity contribution in [2.45, 2.75) is 26.3 Å². The quantitative estimate of drug-likeness (QED) is 0.790. The maximum Gasteiger partial charge on any atom is 0.307 e. The molecule has 5 nitrogen and oxygen atoms in total. The minimum absolute atomic E-state index is 0.347. The first kappa shape index (κ1) is 15.9. The van der Waals surface area contributed by atoms with Crippen LogP contribution in [0.2, 0.25) is 0 Å². The Morgan fingerprint density at radius 3 is 2.86 bits per heavy atom. The number of likely N-dealkylation sites (tertiary alicyclic amines) is 1. The molecular weight excluding hydrogens is 266 g/mol. The number of hydrogen-bond donors (Lipinski definition) is 1. The van der Waals surface area contributed by atoms with E-state index >= 15 is 0 Å². The van der Waals surface area contributed by atoms with E-state index in [0.29, 0.717) is 6.54 Å². The van der Waals surface area contributed by atoms with Gasteiger partial charge in [-0.05, 0) is 37.6 Å². The molecule has 2 rings (SSSR count). The fraction of sp³-hybridized carbons (Fsp3) is 0.625. The lowest BCUT2D eigenvalue weighted by atomic mass is 10.1. The van der Waals surface area contributed by atoms with Gasteiger partial charge in [-0.3, -0.25) is 14.7 Å². The first-order valence-electron chi connectivity index (χ1n) is 7.71. The van der Waals surface area contributed by atoms with Crippen LogP contribution in [-0.4, -0.2) is 58.6 Å². The Labute approximate surface area is 126 Å². The molecule has 5 heteroatoms. The second-order valence-corrected chi connectivity index (χ2v) is 5.88. The molecule has 116 valence electrons. The molecule has 0 radical (unpaired) electrons. The number of carbonyl (C=O) groups is 1. The molecule has 21 heavy (non-hydrogen) atoms. The lowest BCUT2D eigenvalue weighted by molar-refractivity contribution is -0.141. The Balaban J connectivity index is 1.90. The average Bonchev–Trinajstić information content (AvgIpc) is 2.99. The van der Waals surface area contributed by atoms with Gasteiger partial charge in [0.25, 0.3) is 0 Å². The molecule has 0 bridgehead atoms. The fourth-order valence-corrected chi connectivity index (χ4v) is 2.74. The minimum Gasteiger partial charge on any atom is -0.481 e. The highest BCUT2D eigenvalue weighted by Gasteiger charge is 2.18. The van der Waals surface area contributed by atoms with Crippen LogP contribution in [-0.2, 0) is 11.3 Å². The molecule has 0 spiro atoms. The summed E-state index contributed by atoms with van der Waals surface area (Å²) in [6, 6.07) is 3.97. The molecule has 0 amide bonds. The van der Waals surface area contributed by atoms with Crippen LogP contribution < -0.4 is 0 Å². The molecule has 1 N–H and O–H groups in total. The second kappa shape index (κ2) is 8.10. The van der Waals surface area contributed by atoms with Crippen molar-refractivity contribution in [3.8, 4) is 0 Å². The fourth-order valence-electron chi connectivity index (χ4n) is 2.74. The molecule has 1 aromatic heterocycles. The van der Waals surface area contributed by atoms with E-state index in [-0.39, 0.29) is 5.92 Å². The van der Waals surface area contributed by atoms with E-state index in [9.17, 15) is 4.79 Å². The molecule has 1 aliphatic rings.